The van der Waals surface area contributed by atoms with E-state index < -0.39 is 0 Å². The largest absolute Gasteiger partial charge is 0.495 e. The molecule has 0 aliphatic carbocycles. The highest BCUT2D eigenvalue weighted by Crippen LogP contribution is 2.34. The van der Waals surface area contributed by atoms with Crippen molar-refractivity contribution in [1.29, 1.82) is 0 Å². The lowest BCUT2D eigenvalue weighted by atomic mass is 10.2. The zero-order chi connectivity index (χ0) is 15.4. The van der Waals surface area contributed by atoms with E-state index in [2.05, 4.69) is 47.5 Å². The van der Waals surface area contributed by atoms with Crippen LogP contribution in [0, 0.1) is 0 Å². The minimum Gasteiger partial charge on any atom is -0.495 e. The molecule has 0 saturated carbocycles. The first kappa shape index (κ1) is 15.8. The number of aromatic nitrogens is 1. The molecule has 110 valence electrons. The molecule has 21 heavy (non-hydrogen) atoms. The van der Waals surface area contributed by atoms with Gasteiger partial charge in [0.25, 0.3) is 5.91 Å². The Morgan fingerprint density at radius 1 is 1.24 bits per heavy atom. The van der Waals surface area contributed by atoms with E-state index in [4.69, 9.17) is 4.74 Å². The van der Waals surface area contributed by atoms with Gasteiger partial charge in [0.05, 0.1) is 22.8 Å². The molecule has 0 saturated heterocycles. The van der Waals surface area contributed by atoms with Crippen LogP contribution in [0.25, 0.3) is 0 Å². The molecule has 0 aliphatic rings. The molecule has 0 fully saturated rings. The van der Waals surface area contributed by atoms with E-state index >= 15 is 0 Å². The first-order valence-electron chi connectivity index (χ1n) is 6.03. The molecule has 1 amide bonds. The summed E-state index contributed by atoms with van der Waals surface area (Å²) < 4.78 is 6.77. The third kappa shape index (κ3) is 3.74. The van der Waals surface area contributed by atoms with Gasteiger partial charge in [0, 0.05) is 23.8 Å². The van der Waals surface area contributed by atoms with E-state index in [1.165, 1.54) is 6.20 Å². The Morgan fingerprint density at radius 3 is 2.57 bits per heavy atom. The second-order valence-corrected chi connectivity index (χ2v) is 5.81. The van der Waals surface area contributed by atoms with Crippen LogP contribution in [0.5, 0.6) is 5.75 Å². The SMILES string of the molecule is CNc1ccc(C(=O)Nc2cc(OC)c(Br)cc2Br)cn1. The summed E-state index contributed by atoms with van der Waals surface area (Å²) >= 11 is 6.79. The molecule has 0 radical (unpaired) electrons. The predicted octanol–water partition coefficient (Wildman–Crippen LogP) is 3.91. The Morgan fingerprint density at radius 2 is 2.00 bits per heavy atom. The average Bonchev–Trinajstić information content (AvgIpc) is 2.50. The van der Waals surface area contributed by atoms with Crippen molar-refractivity contribution in [2.24, 2.45) is 0 Å². The summed E-state index contributed by atoms with van der Waals surface area (Å²) in [4.78, 5) is 16.3. The number of carbonyl (C=O) groups excluding carboxylic acids is 1. The monoisotopic (exact) mass is 413 g/mol. The Balaban J connectivity index is 2.22. The van der Waals surface area contributed by atoms with E-state index in [0.29, 0.717) is 22.8 Å². The van der Waals surface area contributed by atoms with Gasteiger partial charge in [0.1, 0.15) is 11.6 Å². The van der Waals surface area contributed by atoms with Gasteiger partial charge in [-0.2, -0.15) is 0 Å². The first-order valence-corrected chi connectivity index (χ1v) is 7.62. The van der Waals surface area contributed by atoms with Crippen molar-refractivity contribution in [2.45, 2.75) is 0 Å². The maximum absolute atomic E-state index is 12.2. The number of rotatable bonds is 4. The van der Waals surface area contributed by atoms with Crippen LogP contribution in [0.3, 0.4) is 0 Å². The number of hydrogen-bond donors (Lipinski definition) is 2. The molecule has 7 heteroatoms. The average molecular weight is 415 g/mol. The standard InChI is InChI=1S/C14H13Br2N3O2/c1-17-13-4-3-8(7-18-13)14(20)19-11-6-12(21-2)10(16)5-9(11)15/h3-7H,1-2H3,(H,17,18)(H,19,20). The normalized spacial score (nSPS) is 10.1. The first-order chi connectivity index (χ1) is 10.0. The predicted molar refractivity (Wildman–Crippen MR) is 90.1 cm³/mol. The van der Waals surface area contributed by atoms with Crippen molar-refractivity contribution in [3.05, 3.63) is 45.0 Å². The lowest BCUT2D eigenvalue weighted by molar-refractivity contribution is 0.102. The summed E-state index contributed by atoms with van der Waals surface area (Å²) in [6, 6.07) is 7.00. The van der Waals surface area contributed by atoms with E-state index in [1.54, 1.807) is 32.4 Å². The van der Waals surface area contributed by atoms with Crippen LogP contribution in [0.15, 0.2) is 39.4 Å². The highest BCUT2D eigenvalue weighted by Gasteiger charge is 2.12. The number of methoxy groups -OCH3 is 1. The molecule has 1 aromatic heterocycles. The summed E-state index contributed by atoms with van der Waals surface area (Å²) in [5, 5.41) is 5.72. The minimum atomic E-state index is -0.241. The van der Waals surface area contributed by atoms with Gasteiger partial charge >= 0.3 is 0 Å². The summed E-state index contributed by atoms with van der Waals surface area (Å²) in [6.07, 6.45) is 1.52. The second-order valence-electron chi connectivity index (χ2n) is 4.10. The lowest BCUT2D eigenvalue weighted by Crippen LogP contribution is -2.13. The molecule has 0 bridgehead atoms. The Bertz CT molecular complexity index is 660. The molecule has 0 atom stereocenters. The maximum atomic E-state index is 12.2. The van der Waals surface area contributed by atoms with Crippen LogP contribution in [-0.4, -0.2) is 25.0 Å². The highest BCUT2D eigenvalue weighted by molar-refractivity contribution is 9.11. The fourth-order valence-corrected chi connectivity index (χ4v) is 2.91. The number of nitrogens with one attached hydrogen (secondary N) is 2. The van der Waals surface area contributed by atoms with Crippen LogP contribution in [0.4, 0.5) is 11.5 Å². The second kappa shape index (κ2) is 6.91. The Hall–Kier alpha value is -1.60. The molecular weight excluding hydrogens is 402 g/mol. The van der Waals surface area contributed by atoms with Crippen LogP contribution in [0.1, 0.15) is 10.4 Å². The number of benzene rings is 1. The molecular formula is C14H13Br2N3O2. The number of ether oxygens (including phenoxy) is 1. The molecule has 2 rings (SSSR count). The van der Waals surface area contributed by atoms with Gasteiger partial charge in [0.15, 0.2) is 0 Å². The fourth-order valence-electron chi connectivity index (χ4n) is 1.65. The number of nitrogens with zero attached hydrogens (tertiary/aromatic N) is 1. The maximum Gasteiger partial charge on any atom is 0.257 e. The van der Waals surface area contributed by atoms with Crippen LogP contribution in [-0.2, 0) is 0 Å². The Kier molecular flexibility index (Phi) is 5.19. The number of hydrogen-bond acceptors (Lipinski definition) is 4. The van der Waals surface area contributed by atoms with Crippen LogP contribution < -0.4 is 15.4 Å². The molecule has 0 aliphatic heterocycles. The third-order valence-corrected chi connectivity index (χ3v) is 4.05. The molecule has 1 heterocycles. The summed E-state index contributed by atoms with van der Waals surface area (Å²) in [7, 11) is 3.34. The summed E-state index contributed by atoms with van der Waals surface area (Å²) in [6.45, 7) is 0. The quantitative estimate of drug-likeness (QED) is 0.796. The Labute approximate surface area is 139 Å². The molecule has 5 nitrogen and oxygen atoms in total. The number of pyridine rings is 1. The summed E-state index contributed by atoms with van der Waals surface area (Å²) in [5.41, 5.74) is 1.10. The van der Waals surface area contributed by atoms with Gasteiger partial charge in [0.2, 0.25) is 0 Å². The number of carbonyl (C=O) groups is 1. The van der Waals surface area contributed by atoms with E-state index in [1.807, 2.05) is 6.07 Å². The zero-order valence-corrected chi connectivity index (χ0v) is 14.6. The van der Waals surface area contributed by atoms with Crippen molar-refractivity contribution >= 4 is 49.3 Å². The smallest absolute Gasteiger partial charge is 0.257 e. The van der Waals surface area contributed by atoms with Crippen molar-refractivity contribution in [1.82, 2.24) is 4.98 Å². The highest BCUT2D eigenvalue weighted by atomic mass is 79.9. The zero-order valence-electron chi connectivity index (χ0n) is 11.4. The van der Waals surface area contributed by atoms with Gasteiger partial charge in [-0.25, -0.2) is 4.98 Å². The van der Waals surface area contributed by atoms with Crippen molar-refractivity contribution in [2.75, 3.05) is 24.8 Å². The van der Waals surface area contributed by atoms with Gasteiger partial charge in [-0.3, -0.25) is 4.79 Å². The number of amides is 1. The number of halogens is 2. The molecule has 2 N–H and O–H groups in total. The minimum absolute atomic E-state index is 0.241. The van der Waals surface area contributed by atoms with E-state index in [0.717, 1.165) is 8.95 Å². The third-order valence-electron chi connectivity index (χ3n) is 2.77. The van der Waals surface area contributed by atoms with Gasteiger partial charge < -0.3 is 15.4 Å². The molecule has 0 spiro atoms. The number of anilines is 2. The molecule has 1 aromatic carbocycles. The van der Waals surface area contributed by atoms with Crippen LogP contribution >= 0.6 is 31.9 Å². The van der Waals surface area contributed by atoms with Crippen molar-refractivity contribution in [3.63, 3.8) is 0 Å². The van der Waals surface area contributed by atoms with Gasteiger partial charge in [-0.05, 0) is 50.1 Å². The topological polar surface area (TPSA) is 63.2 Å². The lowest BCUT2D eigenvalue weighted by Gasteiger charge is -2.11. The van der Waals surface area contributed by atoms with Gasteiger partial charge in [-0.1, -0.05) is 0 Å². The molecule has 0 unspecified atom stereocenters. The van der Waals surface area contributed by atoms with Crippen molar-refractivity contribution < 1.29 is 9.53 Å². The fraction of sp³-hybridized carbons (Fsp3) is 0.143. The van der Waals surface area contributed by atoms with Crippen LogP contribution in [0.2, 0.25) is 0 Å². The molecule has 2 aromatic rings. The van der Waals surface area contributed by atoms with E-state index in [9.17, 15) is 4.79 Å². The van der Waals surface area contributed by atoms with Crippen molar-refractivity contribution in [3.8, 4) is 5.75 Å². The van der Waals surface area contributed by atoms with Gasteiger partial charge in [-0.15, -0.1) is 0 Å². The van der Waals surface area contributed by atoms with E-state index in [-0.39, 0.29) is 5.91 Å². The summed E-state index contributed by atoms with van der Waals surface area (Å²) in [5.74, 6) is 1.10.